The summed E-state index contributed by atoms with van der Waals surface area (Å²) in [7, 11) is 1.85. The lowest BCUT2D eigenvalue weighted by atomic mass is 10.9. The summed E-state index contributed by atoms with van der Waals surface area (Å²) < 4.78 is 1.72. The maximum atomic E-state index is 5.20. The zero-order valence-electron chi connectivity index (χ0n) is 7.91. The summed E-state index contributed by atoms with van der Waals surface area (Å²) in [5, 5.41) is 14.1. The van der Waals surface area contributed by atoms with Crippen LogP contribution in [0.3, 0.4) is 0 Å². The zero-order chi connectivity index (χ0) is 10.7. The Hall–Kier alpha value is -1.19. The quantitative estimate of drug-likeness (QED) is 0.451. The molecule has 80 valence electrons. The van der Waals surface area contributed by atoms with Crippen LogP contribution in [-0.4, -0.2) is 25.0 Å². The van der Waals surface area contributed by atoms with Gasteiger partial charge < -0.3 is 0 Å². The van der Waals surface area contributed by atoms with Gasteiger partial charge in [0.2, 0.25) is 5.13 Å². The molecule has 2 rings (SSSR count). The molecule has 0 unspecified atom stereocenters. The first-order valence-corrected chi connectivity index (χ1v) is 5.85. The summed E-state index contributed by atoms with van der Waals surface area (Å²) in [5.74, 6) is 5.92. The molecule has 2 heterocycles. The zero-order valence-corrected chi connectivity index (χ0v) is 9.55. The van der Waals surface area contributed by atoms with E-state index < -0.39 is 0 Å². The summed E-state index contributed by atoms with van der Waals surface area (Å²) in [4.78, 5) is 4.09. The molecule has 0 saturated heterocycles. The van der Waals surface area contributed by atoms with Gasteiger partial charge in [-0.05, 0) is 0 Å². The Balaban J connectivity index is 1.96. The number of nitrogens with one attached hydrogen (secondary N) is 1. The lowest BCUT2D eigenvalue weighted by Crippen LogP contribution is -2.05. The monoisotopic (exact) mass is 243 g/mol. The van der Waals surface area contributed by atoms with E-state index in [9.17, 15) is 0 Å². The molecule has 0 radical (unpaired) electrons. The second-order valence-corrected chi connectivity index (χ2v) is 4.60. The van der Waals surface area contributed by atoms with E-state index in [0.29, 0.717) is 10.9 Å². The number of nitrogen functional groups attached to an aromatic ring is 1. The highest BCUT2D eigenvalue weighted by Gasteiger charge is 2.06. The topological polar surface area (TPSA) is 94.5 Å². The van der Waals surface area contributed by atoms with Crippen LogP contribution < -0.4 is 11.3 Å². The normalized spacial score (nSPS) is 10.5. The summed E-state index contributed by atoms with van der Waals surface area (Å²) in [6, 6.07) is 0. The van der Waals surface area contributed by atoms with Crippen LogP contribution in [-0.2, 0) is 12.8 Å². The van der Waals surface area contributed by atoms with Crippen LogP contribution >= 0.6 is 23.1 Å². The van der Waals surface area contributed by atoms with Crippen molar-refractivity contribution in [3.8, 4) is 0 Å². The van der Waals surface area contributed by atoms with Crippen LogP contribution in [0.4, 0.5) is 5.13 Å². The van der Waals surface area contributed by atoms with Gasteiger partial charge in [-0.3, -0.25) is 5.43 Å². The molecule has 0 aromatic carbocycles. The Morgan fingerprint density at radius 2 is 2.47 bits per heavy atom. The second-order valence-electron chi connectivity index (χ2n) is 2.60. The SMILES string of the molecule is Cn1ncnc1SCc1nnc(NN)s1. The molecule has 0 aliphatic carbocycles. The third-order valence-corrected chi connectivity index (χ3v) is 3.67. The Labute approximate surface area is 94.1 Å². The highest BCUT2D eigenvalue weighted by Crippen LogP contribution is 2.23. The minimum Gasteiger partial charge on any atom is -0.298 e. The molecule has 0 atom stereocenters. The van der Waals surface area contributed by atoms with Crippen LogP contribution in [0, 0.1) is 0 Å². The Morgan fingerprint density at radius 3 is 3.07 bits per heavy atom. The van der Waals surface area contributed by atoms with Crippen LogP contribution in [0.1, 0.15) is 5.01 Å². The van der Waals surface area contributed by atoms with E-state index in [2.05, 4.69) is 25.7 Å². The largest absolute Gasteiger partial charge is 0.298 e. The van der Waals surface area contributed by atoms with Crippen molar-refractivity contribution in [3.63, 3.8) is 0 Å². The molecule has 2 aromatic heterocycles. The van der Waals surface area contributed by atoms with E-state index in [0.717, 1.165) is 10.2 Å². The fourth-order valence-corrected chi connectivity index (χ4v) is 2.44. The molecule has 0 saturated carbocycles. The lowest BCUT2D eigenvalue weighted by molar-refractivity contribution is 0.685. The van der Waals surface area contributed by atoms with Crippen LogP contribution in [0.15, 0.2) is 11.5 Å². The number of aryl methyl sites for hydroxylation is 1. The average molecular weight is 243 g/mol. The second kappa shape index (κ2) is 4.55. The molecule has 0 fully saturated rings. The van der Waals surface area contributed by atoms with Gasteiger partial charge in [0, 0.05) is 7.05 Å². The maximum absolute atomic E-state index is 5.20. The van der Waals surface area contributed by atoms with E-state index in [4.69, 9.17) is 5.84 Å². The number of nitrogens with zero attached hydrogens (tertiary/aromatic N) is 5. The van der Waals surface area contributed by atoms with Gasteiger partial charge in [-0.15, -0.1) is 10.2 Å². The fourth-order valence-electron chi connectivity index (χ4n) is 0.913. The average Bonchev–Trinajstić information content (AvgIpc) is 2.84. The van der Waals surface area contributed by atoms with Crippen LogP contribution in [0.2, 0.25) is 0 Å². The molecule has 0 bridgehead atoms. The van der Waals surface area contributed by atoms with E-state index in [1.807, 2.05) is 7.05 Å². The van der Waals surface area contributed by atoms with Gasteiger partial charge in [0.15, 0.2) is 5.16 Å². The number of hydrogen-bond acceptors (Lipinski definition) is 8. The Bertz CT molecular complexity index is 436. The van der Waals surface area contributed by atoms with Crippen molar-refractivity contribution >= 4 is 28.2 Å². The van der Waals surface area contributed by atoms with E-state index >= 15 is 0 Å². The van der Waals surface area contributed by atoms with Crippen molar-refractivity contribution in [1.29, 1.82) is 0 Å². The van der Waals surface area contributed by atoms with Gasteiger partial charge in [-0.25, -0.2) is 15.5 Å². The van der Waals surface area contributed by atoms with Gasteiger partial charge in [-0.1, -0.05) is 23.1 Å². The maximum Gasteiger partial charge on any atom is 0.219 e. The lowest BCUT2D eigenvalue weighted by Gasteiger charge is -1.95. The number of rotatable bonds is 4. The molecule has 0 aliphatic rings. The van der Waals surface area contributed by atoms with Gasteiger partial charge in [0.05, 0.1) is 5.75 Å². The van der Waals surface area contributed by atoms with Gasteiger partial charge in [0.25, 0.3) is 0 Å². The predicted molar refractivity (Wildman–Crippen MR) is 58.3 cm³/mol. The molecule has 0 amide bonds. The molecular weight excluding hydrogens is 234 g/mol. The third kappa shape index (κ3) is 2.43. The number of thioether (sulfide) groups is 1. The van der Waals surface area contributed by atoms with Crippen molar-refractivity contribution in [2.75, 3.05) is 5.43 Å². The molecule has 2 aromatic rings. The molecule has 9 heteroatoms. The highest BCUT2D eigenvalue weighted by atomic mass is 32.2. The molecule has 0 aliphatic heterocycles. The minimum atomic E-state index is 0.614. The van der Waals surface area contributed by atoms with E-state index in [1.54, 1.807) is 16.4 Å². The van der Waals surface area contributed by atoms with Crippen molar-refractivity contribution in [2.24, 2.45) is 12.9 Å². The van der Waals surface area contributed by atoms with Crippen molar-refractivity contribution in [3.05, 3.63) is 11.3 Å². The van der Waals surface area contributed by atoms with E-state index in [1.165, 1.54) is 17.7 Å². The third-order valence-electron chi connectivity index (χ3n) is 1.58. The predicted octanol–water partition coefficient (Wildman–Crippen LogP) is 0.245. The summed E-state index contributed by atoms with van der Waals surface area (Å²) >= 11 is 2.98. The number of nitrogens with two attached hydrogens (primary N) is 1. The first-order chi connectivity index (χ1) is 7.29. The molecule has 15 heavy (non-hydrogen) atoms. The number of hydrogen-bond donors (Lipinski definition) is 2. The summed E-state index contributed by atoms with van der Waals surface area (Å²) in [6.07, 6.45) is 1.52. The van der Waals surface area contributed by atoms with Gasteiger partial charge in [-0.2, -0.15) is 5.10 Å². The standard InChI is InChI=1S/C6H9N7S2/c1-13-6(8-3-9-13)14-2-4-11-12-5(10-7)15-4/h3H,2,7H2,1H3,(H,10,12). The van der Waals surface area contributed by atoms with Crippen LogP contribution in [0.5, 0.6) is 0 Å². The van der Waals surface area contributed by atoms with Crippen molar-refractivity contribution in [1.82, 2.24) is 25.0 Å². The molecular formula is C6H9N7S2. The van der Waals surface area contributed by atoms with Gasteiger partial charge >= 0.3 is 0 Å². The Kier molecular flexibility index (Phi) is 3.14. The van der Waals surface area contributed by atoms with Crippen molar-refractivity contribution in [2.45, 2.75) is 10.9 Å². The minimum absolute atomic E-state index is 0.614. The molecule has 0 spiro atoms. The number of anilines is 1. The smallest absolute Gasteiger partial charge is 0.219 e. The fraction of sp³-hybridized carbons (Fsp3) is 0.333. The van der Waals surface area contributed by atoms with Gasteiger partial charge in [0.1, 0.15) is 11.3 Å². The molecule has 3 N–H and O–H groups in total. The van der Waals surface area contributed by atoms with E-state index in [-0.39, 0.29) is 0 Å². The first-order valence-electron chi connectivity index (χ1n) is 4.05. The van der Waals surface area contributed by atoms with Crippen LogP contribution in [0.25, 0.3) is 0 Å². The molecule has 7 nitrogen and oxygen atoms in total. The Morgan fingerprint density at radius 1 is 1.60 bits per heavy atom. The summed E-state index contributed by atoms with van der Waals surface area (Å²) in [6.45, 7) is 0. The van der Waals surface area contributed by atoms with Crippen molar-refractivity contribution < 1.29 is 0 Å². The highest BCUT2D eigenvalue weighted by molar-refractivity contribution is 7.98. The first kappa shape index (κ1) is 10.3. The number of hydrazine groups is 1. The number of aromatic nitrogens is 5. The summed E-state index contributed by atoms with van der Waals surface area (Å²) in [5.41, 5.74) is 2.45.